The molecule has 0 aliphatic carbocycles. The Morgan fingerprint density at radius 2 is 2.25 bits per heavy atom. The van der Waals surface area contributed by atoms with Crippen LogP contribution in [0.1, 0.15) is 12.8 Å². The van der Waals surface area contributed by atoms with E-state index in [9.17, 15) is 0 Å². The van der Waals surface area contributed by atoms with Crippen molar-refractivity contribution in [3.8, 4) is 0 Å². The van der Waals surface area contributed by atoms with Crippen LogP contribution in [-0.4, -0.2) is 68.7 Å². The maximum Gasteiger partial charge on any atom is 0.0357 e. The van der Waals surface area contributed by atoms with Gasteiger partial charge in [0, 0.05) is 31.7 Å². The minimum Gasteiger partial charge on any atom is -0.329 e. The molecule has 3 unspecified atom stereocenters. The predicted octanol–water partition coefficient (Wildman–Crippen LogP) is -0.439. The van der Waals surface area contributed by atoms with Crippen molar-refractivity contribution in [3.63, 3.8) is 0 Å². The molecule has 0 saturated carbocycles. The monoisotopic (exact) mass is 226 g/mol. The van der Waals surface area contributed by atoms with Gasteiger partial charge in [0.15, 0.2) is 0 Å². The zero-order valence-corrected chi connectivity index (χ0v) is 10.7. The van der Waals surface area contributed by atoms with Gasteiger partial charge in [0.1, 0.15) is 0 Å². The third-order valence-electron chi connectivity index (χ3n) is 4.33. The van der Waals surface area contributed by atoms with E-state index in [1.165, 1.54) is 32.5 Å². The van der Waals surface area contributed by atoms with Gasteiger partial charge in [0.2, 0.25) is 0 Å². The van der Waals surface area contributed by atoms with Gasteiger partial charge >= 0.3 is 0 Å². The molecule has 94 valence electrons. The van der Waals surface area contributed by atoms with Crippen molar-refractivity contribution in [3.05, 3.63) is 0 Å². The fraction of sp³-hybridized carbons (Fsp3) is 1.00. The highest BCUT2D eigenvalue weighted by Gasteiger charge is 2.44. The normalized spacial score (nSPS) is 38.2. The second kappa shape index (κ2) is 5.00. The molecule has 0 spiro atoms. The highest BCUT2D eigenvalue weighted by molar-refractivity contribution is 5.03. The van der Waals surface area contributed by atoms with E-state index < -0.39 is 0 Å². The highest BCUT2D eigenvalue weighted by atomic mass is 15.2. The summed E-state index contributed by atoms with van der Waals surface area (Å²) in [4.78, 5) is 4.80. The Balaban J connectivity index is 1.90. The number of hydrogen-bond donors (Lipinski definition) is 2. The summed E-state index contributed by atoms with van der Waals surface area (Å²) in [5.41, 5.74) is 6.27. The predicted molar refractivity (Wildman–Crippen MR) is 67.5 cm³/mol. The first-order valence-electron chi connectivity index (χ1n) is 6.48. The van der Waals surface area contributed by atoms with Crippen LogP contribution in [0.15, 0.2) is 0 Å². The van der Waals surface area contributed by atoms with Crippen LogP contribution in [0, 0.1) is 5.92 Å². The molecule has 2 heterocycles. The number of nitrogens with zero attached hydrogens (tertiary/aromatic N) is 2. The SMILES string of the molecule is CN(C)CCNC1(CN)CCN2CCC1C2. The lowest BCUT2D eigenvalue weighted by Crippen LogP contribution is -2.61. The van der Waals surface area contributed by atoms with Crippen LogP contribution in [0.5, 0.6) is 0 Å². The number of likely N-dealkylation sites (N-methyl/N-ethyl adjacent to an activating group) is 1. The highest BCUT2D eigenvalue weighted by Crippen LogP contribution is 2.34. The molecule has 0 aromatic carbocycles. The molecule has 3 N–H and O–H groups in total. The Morgan fingerprint density at radius 3 is 2.94 bits per heavy atom. The Morgan fingerprint density at radius 1 is 1.44 bits per heavy atom. The van der Waals surface area contributed by atoms with Gasteiger partial charge in [-0.25, -0.2) is 0 Å². The van der Waals surface area contributed by atoms with Crippen molar-refractivity contribution in [2.75, 3.05) is 53.4 Å². The third-order valence-corrected chi connectivity index (χ3v) is 4.33. The standard InChI is InChI=1S/C12H26N4/c1-15(2)8-5-14-12(10-13)4-7-16-6-3-11(12)9-16/h11,14H,3-10,13H2,1-2H3. The fourth-order valence-electron chi connectivity index (χ4n) is 3.15. The zero-order chi connectivity index (χ0) is 11.6. The van der Waals surface area contributed by atoms with E-state index in [-0.39, 0.29) is 5.54 Å². The van der Waals surface area contributed by atoms with Crippen LogP contribution in [0.3, 0.4) is 0 Å². The first-order chi connectivity index (χ1) is 7.66. The van der Waals surface area contributed by atoms with E-state index in [2.05, 4.69) is 29.2 Å². The lowest BCUT2D eigenvalue weighted by atomic mass is 9.78. The molecule has 0 amide bonds. The van der Waals surface area contributed by atoms with Crippen molar-refractivity contribution in [1.29, 1.82) is 0 Å². The molecule has 2 bridgehead atoms. The van der Waals surface area contributed by atoms with Gasteiger partial charge in [-0.1, -0.05) is 0 Å². The Bertz CT molecular complexity index is 231. The van der Waals surface area contributed by atoms with Crippen molar-refractivity contribution >= 4 is 0 Å². The Kier molecular flexibility index (Phi) is 3.85. The molecular weight excluding hydrogens is 200 g/mol. The van der Waals surface area contributed by atoms with Crippen LogP contribution < -0.4 is 11.1 Å². The number of fused-ring (bicyclic) bond motifs is 2. The van der Waals surface area contributed by atoms with E-state index in [1.54, 1.807) is 0 Å². The summed E-state index contributed by atoms with van der Waals surface area (Å²) in [7, 11) is 4.24. The molecule has 2 saturated heterocycles. The smallest absolute Gasteiger partial charge is 0.0357 e. The lowest BCUT2D eigenvalue weighted by Gasteiger charge is -2.43. The first kappa shape index (κ1) is 12.3. The van der Waals surface area contributed by atoms with Crippen LogP contribution in [0.25, 0.3) is 0 Å². The molecule has 2 aliphatic rings. The average Bonchev–Trinajstić information content (AvgIpc) is 2.66. The summed E-state index contributed by atoms with van der Waals surface area (Å²) in [5.74, 6) is 0.772. The molecule has 0 aromatic rings. The fourth-order valence-corrected chi connectivity index (χ4v) is 3.15. The van der Waals surface area contributed by atoms with E-state index in [1.807, 2.05) is 0 Å². The summed E-state index contributed by atoms with van der Waals surface area (Å²) in [6.45, 7) is 6.70. The average molecular weight is 226 g/mol. The Hall–Kier alpha value is -0.160. The summed E-state index contributed by atoms with van der Waals surface area (Å²) >= 11 is 0. The van der Waals surface area contributed by atoms with Crippen LogP contribution in [-0.2, 0) is 0 Å². The van der Waals surface area contributed by atoms with Crippen molar-refractivity contribution in [2.24, 2.45) is 11.7 Å². The molecule has 4 heteroatoms. The van der Waals surface area contributed by atoms with E-state index in [4.69, 9.17) is 5.73 Å². The van der Waals surface area contributed by atoms with E-state index in [0.717, 1.165) is 25.6 Å². The number of hydrogen-bond acceptors (Lipinski definition) is 4. The third kappa shape index (κ3) is 2.40. The number of rotatable bonds is 5. The van der Waals surface area contributed by atoms with Gasteiger partial charge in [0.25, 0.3) is 0 Å². The van der Waals surface area contributed by atoms with Gasteiger partial charge in [-0.3, -0.25) is 0 Å². The molecule has 2 fully saturated rings. The lowest BCUT2D eigenvalue weighted by molar-refractivity contribution is 0.134. The number of piperidine rings is 1. The maximum atomic E-state index is 6.04. The second-order valence-corrected chi connectivity index (χ2v) is 5.63. The topological polar surface area (TPSA) is 44.5 Å². The van der Waals surface area contributed by atoms with Crippen molar-refractivity contribution in [1.82, 2.24) is 15.1 Å². The summed E-state index contributed by atoms with van der Waals surface area (Å²) in [6, 6.07) is 0. The summed E-state index contributed by atoms with van der Waals surface area (Å²) < 4.78 is 0. The zero-order valence-electron chi connectivity index (χ0n) is 10.7. The maximum absolute atomic E-state index is 6.04. The second-order valence-electron chi connectivity index (χ2n) is 5.63. The molecule has 16 heavy (non-hydrogen) atoms. The molecule has 2 aliphatic heterocycles. The van der Waals surface area contributed by atoms with Gasteiger partial charge in [-0.05, 0) is 45.9 Å². The summed E-state index contributed by atoms with van der Waals surface area (Å²) in [5, 5.41) is 3.75. The molecule has 0 aromatic heterocycles. The van der Waals surface area contributed by atoms with Crippen molar-refractivity contribution < 1.29 is 0 Å². The van der Waals surface area contributed by atoms with Gasteiger partial charge in [0.05, 0.1) is 0 Å². The van der Waals surface area contributed by atoms with Crippen LogP contribution in [0.4, 0.5) is 0 Å². The molecule has 2 rings (SSSR count). The van der Waals surface area contributed by atoms with E-state index in [0.29, 0.717) is 0 Å². The summed E-state index contributed by atoms with van der Waals surface area (Å²) in [6.07, 6.45) is 2.55. The Labute approximate surface area is 99.2 Å². The number of nitrogens with one attached hydrogen (secondary N) is 1. The van der Waals surface area contributed by atoms with E-state index >= 15 is 0 Å². The molecular formula is C12H26N4. The van der Waals surface area contributed by atoms with Gasteiger partial charge < -0.3 is 20.9 Å². The van der Waals surface area contributed by atoms with Gasteiger partial charge in [-0.2, -0.15) is 0 Å². The minimum absolute atomic E-state index is 0.225. The molecule has 0 radical (unpaired) electrons. The number of nitrogens with two attached hydrogens (primary N) is 1. The van der Waals surface area contributed by atoms with Crippen LogP contribution >= 0.6 is 0 Å². The molecule has 4 nitrogen and oxygen atoms in total. The quantitative estimate of drug-likeness (QED) is 0.667. The van der Waals surface area contributed by atoms with Crippen molar-refractivity contribution in [2.45, 2.75) is 18.4 Å². The van der Waals surface area contributed by atoms with Gasteiger partial charge in [-0.15, -0.1) is 0 Å². The largest absolute Gasteiger partial charge is 0.329 e. The van der Waals surface area contributed by atoms with Crippen LogP contribution in [0.2, 0.25) is 0 Å². The molecule has 3 atom stereocenters. The first-order valence-corrected chi connectivity index (χ1v) is 6.48. The minimum atomic E-state index is 0.225.